The number of hydrogen-bond donors (Lipinski definition) is 0. The molecule has 3 heterocycles. The Kier molecular flexibility index (Phi) is 3.21. The molecule has 2 aromatic heterocycles. The highest BCUT2D eigenvalue weighted by atomic mass is 16.7. The van der Waals surface area contributed by atoms with E-state index in [0.717, 1.165) is 0 Å². The third-order valence-corrected chi connectivity index (χ3v) is 3.69. The van der Waals surface area contributed by atoms with Gasteiger partial charge in [-0.25, -0.2) is 14.3 Å². The highest BCUT2D eigenvalue weighted by Gasteiger charge is 2.39. The highest BCUT2D eigenvalue weighted by molar-refractivity contribution is 6.21. The maximum atomic E-state index is 12.4. The standard InChI is InChI=1S/C16H10N4O5/c1-24-13-7-6-12-17-8-11(19(12)18-13)16(23)25-20-14(21)9-4-2-3-5-10(9)15(20)22/h2-8H,1H3. The SMILES string of the molecule is COc1ccc2ncc(C(=O)ON3C(=O)c4ccccc4C3=O)n2n1. The average molecular weight is 338 g/mol. The lowest BCUT2D eigenvalue weighted by atomic mass is 10.1. The maximum Gasteiger partial charge on any atom is 0.383 e. The zero-order chi connectivity index (χ0) is 17.6. The molecule has 2 amide bonds. The first-order valence-corrected chi connectivity index (χ1v) is 7.19. The number of rotatable bonds is 3. The fraction of sp³-hybridized carbons (Fsp3) is 0.0625. The van der Waals surface area contributed by atoms with Gasteiger partial charge in [0.25, 0.3) is 11.8 Å². The molecule has 0 N–H and O–H groups in total. The van der Waals surface area contributed by atoms with E-state index in [-0.39, 0.29) is 22.7 Å². The molecule has 0 bridgehead atoms. The van der Waals surface area contributed by atoms with Crippen LogP contribution in [0, 0.1) is 0 Å². The molecule has 1 aliphatic rings. The predicted molar refractivity (Wildman–Crippen MR) is 81.9 cm³/mol. The van der Waals surface area contributed by atoms with Crippen LogP contribution in [0.25, 0.3) is 5.65 Å². The van der Waals surface area contributed by atoms with Gasteiger partial charge in [0.2, 0.25) is 5.88 Å². The molecule has 9 heteroatoms. The van der Waals surface area contributed by atoms with Gasteiger partial charge in [-0.1, -0.05) is 17.2 Å². The van der Waals surface area contributed by atoms with Gasteiger partial charge >= 0.3 is 5.97 Å². The molecule has 124 valence electrons. The summed E-state index contributed by atoms with van der Waals surface area (Å²) >= 11 is 0. The minimum atomic E-state index is -0.942. The van der Waals surface area contributed by atoms with Gasteiger partial charge in [-0.05, 0) is 18.2 Å². The first-order chi connectivity index (χ1) is 12.1. The number of methoxy groups -OCH3 is 1. The Bertz CT molecular complexity index is 1010. The van der Waals surface area contributed by atoms with E-state index >= 15 is 0 Å². The number of hydrogen-bond acceptors (Lipinski definition) is 7. The second kappa shape index (κ2) is 5.41. The number of carbonyl (C=O) groups excluding carboxylic acids is 3. The molecule has 25 heavy (non-hydrogen) atoms. The van der Waals surface area contributed by atoms with Gasteiger partial charge in [-0.15, -0.1) is 5.10 Å². The molecule has 1 aromatic carbocycles. The van der Waals surface area contributed by atoms with Crippen molar-refractivity contribution >= 4 is 23.4 Å². The van der Waals surface area contributed by atoms with Gasteiger partial charge < -0.3 is 9.57 Å². The van der Waals surface area contributed by atoms with Crippen LogP contribution in [-0.2, 0) is 4.84 Å². The lowest BCUT2D eigenvalue weighted by molar-refractivity contribution is -0.0590. The highest BCUT2D eigenvalue weighted by Crippen LogP contribution is 2.23. The molecule has 0 atom stereocenters. The van der Waals surface area contributed by atoms with E-state index in [2.05, 4.69) is 10.1 Å². The van der Waals surface area contributed by atoms with Crippen LogP contribution in [0.1, 0.15) is 31.2 Å². The maximum absolute atomic E-state index is 12.4. The van der Waals surface area contributed by atoms with Crippen molar-refractivity contribution in [3.8, 4) is 5.88 Å². The van der Waals surface area contributed by atoms with Gasteiger partial charge in [0, 0.05) is 6.07 Å². The normalized spacial score (nSPS) is 13.2. The van der Waals surface area contributed by atoms with Crippen molar-refractivity contribution < 1.29 is 24.0 Å². The smallest absolute Gasteiger partial charge is 0.383 e. The average Bonchev–Trinajstić information content (AvgIpc) is 3.16. The van der Waals surface area contributed by atoms with Crippen molar-refractivity contribution in [3.05, 3.63) is 59.4 Å². The van der Waals surface area contributed by atoms with E-state index in [1.54, 1.807) is 24.3 Å². The summed E-state index contributed by atoms with van der Waals surface area (Å²) in [4.78, 5) is 45.9. The van der Waals surface area contributed by atoms with E-state index in [4.69, 9.17) is 9.57 Å². The summed E-state index contributed by atoms with van der Waals surface area (Å²) < 4.78 is 6.21. The zero-order valence-electron chi connectivity index (χ0n) is 12.9. The lowest BCUT2D eigenvalue weighted by Crippen LogP contribution is -2.33. The van der Waals surface area contributed by atoms with Crippen molar-refractivity contribution in [2.45, 2.75) is 0 Å². The number of amides is 2. The molecule has 0 spiro atoms. The summed E-state index contributed by atoms with van der Waals surface area (Å²) in [5.74, 6) is -2.08. The zero-order valence-corrected chi connectivity index (χ0v) is 12.9. The molecular weight excluding hydrogens is 328 g/mol. The van der Waals surface area contributed by atoms with E-state index in [9.17, 15) is 14.4 Å². The molecule has 0 saturated carbocycles. The van der Waals surface area contributed by atoms with Crippen molar-refractivity contribution in [1.82, 2.24) is 19.7 Å². The van der Waals surface area contributed by atoms with Crippen molar-refractivity contribution in [2.24, 2.45) is 0 Å². The monoisotopic (exact) mass is 338 g/mol. The number of hydroxylamine groups is 2. The van der Waals surface area contributed by atoms with Crippen LogP contribution in [0.4, 0.5) is 0 Å². The fourth-order valence-electron chi connectivity index (χ4n) is 2.48. The lowest BCUT2D eigenvalue weighted by Gasteiger charge is -2.12. The number of fused-ring (bicyclic) bond motifs is 2. The number of imide groups is 1. The topological polar surface area (TPSA) is 103 Å². The summed E-state index contributed by atoms with van der Waals surface area (Å²) in [6, 6.07) is 9.41. The molecule has 4 rings (SSSR count). The Morgan fingerprint density at radius 2 is 1.72 bits per heavy atom. The van der Waals surface area contributed by atoms with Crippen LogP contribution in [0.2, 0.25) is 0 Å². The van der Waals surface area contributed by atoms with Gasteiger partial charge in [0.15, 0.2) is 11.3 Å². The minimum Gasteiger partial charge on any atom is -0.480 e. The number of imidazole rings is 1. The Balaban J connectivity index is 1.65. The molecule has 0 radical (unpaired) electrons. The predicted octanol–water partition coefficient (Wildman–Crippen LogP) is 1.11. The van der Waals surface area contributed by atoms with E-state index in [0.29, 0.717) is 10.7 Å². The van der Waals surface area contributed by atoms with Crippen LogP contribution < -0.4 is 4.74 Å². The van der Waals surface area contributed by atoms with E-state index in [1.807, 2.05) is 0 Å². The number of benzene rings is 1. The first kappa shape index (κ1) is 14.8. The Labute approximate surface area is 140 Å². The van der Waals surface area contributed by atoms with Crippen LogP contribution in [0.5, 0.6) is 5.88 Å². The second-order valence-corrected chi connectivity index (χ2v) is 5.12. The van der Waals surface area contributed by atoms with Crippen LogP contribution in [0.3, 0.4) is 0 Å². The third-order valence-electron chi connectivity index (χ3n) is 3.69. The molecule has 0 saturated heterocycles. The molecule has 0 fully saturated rings. The van der Waals surface area contributed by atoms with Crippen molar-refractivity contribution in [1.29, 1.82) is 0 Å². The van der Waals surface area contributed by atoms with Gasteiger partial charge in [0.1, 0.15) is 0 Å². The number of nitrogens with zero attached hydrogens (tertiary/aromatic N) is 4. The molecule has 0 unspecified atom stereocenters. The van der Waals surface area contributed by atoms with Gasteiger partial charge in [-0.2, -0.15) is 0 Å². The molecule has 1 aliphatic heterocycles. The Morgan fingerprint density at radius 3 is 2.36 bits per heavy atom. The van der Waals surface area contributed by atoms with E-state index < -0.39 is 17.8 Å². The Morgan fingerprint density at radius 1 is 1.04 bits per heavy atom. The number of aromatic nitrogens is 3. The van der Waals surface area contributed by atoms with Crippen LogP contribution in [0.15, 0.2) is 42.6 Å². The summed E-state index contributed by atoms with van der Waals surface area (Å²) in [7, 11) is 1.43. The van der Waals surface area contributed by atoms with Crippen molar-refractivity contribution in [2.75, 3.05) is 7.11 Å². The van der Waals surface area contributed by atoms with E-state index in [1.165, 1.54) is 30.0 Å². The summed E-state index contributed by atoms with van der Waals surface area (Å²) in [5, 5.41) is 4.51. The van der Waals surface area contributed by atoms with Crippen LogP contribution in [-0.4, -0.2) is 44.6 Å². The van der Waals surface area contributed by atoms with Crippen molar-refractivity contribution in [3.63, 3.8) is 0 Å². The minimum absolute atomic E-state index is 0.0505. The molecule has 3 aromatic rings. The van der Waals surface area contributed by atoms with Crippen LogP contribution >= 0.6 is 0 Å². The second-order valence-electron chi connectivity index (χ2n) is 5.12. The molecule has 9 nitrogen and oxygen atoms in total. The third kappa shape index (κ3) is 2.21. The van der Waals surface area contributed by atoms with Gasteiger partial charge in [-0.3, -0.25) is 9.59 Å². The largest absolute Gasteiger partial charge is 0.480 e. The molecular formula is C16H10N4O5. The summed E-state index contributed by atoms with van der Waals surface area (Å²) in [6.07, 6.45) is 1.24. The van der Waals surface area contributed by atoms with Gasteiger partial charge in [0.05, 0.1) is 24.4 Å². The Hall–Kier alpha value is -3.75. The fourth-order valence-corrected chi connectivity index (χ4v) is 2.48. The number of carbonyl (C=O) groups is 3. The first-order valence-electron chi connectivity index (χ1n) is 7.19. The number of ether oxygens (including phenoxy) is 1. The quantitative estimate of drug-likeness (QED) is 0.659. The summed E-state index contributed by atoms with van der Waals surface area (Å²) in [5.41, 5.74) is 0.692. The molecule has 0 aliphatic carbocycles. The summed E-state index contributed by atoms with van der Waals surface area (Å²) in [6.45, 7) is 0.